The van der Waals surface area contributed by atoms with E-state index in [1.165, 1.54) is 0 Å². The zero-order chi connectivity index (χ0) is 11.4. The predicted octanol–water partition coefficient (Wildman–Crippen LogP) is 2.45. The molecule has 1 rings (SSSR count). The van der Waals surface area contributed by atoms with Crippen molar-refractivity contribution >= 4 is 5.97 Å². The van der Waals surface area contributed by atoms with Crippen molar-refractivity contribution in [2.45, 2.75) is 26.2 Å². The van der Waals surface area contributed by atoms with E-state index in [4.69, 9.17) is 9.84 Å². The van der Waals surface area contributed by atoms with Crippen LogP contribution in [-0.4, -0.2) is 18.2 Å². The van der Waals surface area contributed by atoms with Crippen molar-refractivity contribution in [2.24, 2.45) is 0 Å². The third kappa shape index (κ3) is 2.72. The van der Waals surface area contributed by atoms with Gasteiger partial charge in [-0.1, -0.05) is 26.0 Å². The van der Waals surface area contributed by atoms with E-state index in [9.17, 15) is 4.79 Å². The number of carboxylic acids is 1. The molecule has 1 aromatic rings. The fourth-order valence-corrected chi connectivity index (χ4v) is 1.74. The molecular formula is C12H16O3. The minimum Gasteiger partial charge on any atom is -0.496 e. The average Bonchev–Trinajstić information content (AvgIpc) is 2.15. The lowest BCUT2D eigenvalue weighted by Gasteiger charge is -2.15. The molecule has 0 aliphatic carbocycles. The van der Waals surface area contributed by atoms with E-state index in [0.29, 0.717) is 0 Å². The highest BCUT2D eigenvalue weighted by atomic mass is 16.5. The number of hydrogen-bond donors (Lipinski definition) is 1. The Bertz CT molecular complexity index is 356. The van der Waals surface area contributed by atoms with E-state index in [-0.39, 0.29) is 12.3 Å². The predicted molar refractivity (Wildman–Crippen MR) is 58.4 cm³/mol. The van der Waals surface area contributed by atoms with Crippen molar-refractivity contribution in [3.8, 4) is 5.75 Å². The van der Waals surface area contributed by atoms with Gasteiger partial charge in [0.25, 0.3) is 0 Å². The van der Waals surface area contributed by atoms with Gasteiger partial charge in [0.1, 0.15) is 5.75 Å². The van der Waals surface area contributed by atoms with E-state index < -0.39 is 5.97 Å². The molecule has 0 atom stereocenters. The monoisotopic (exact) mass is 208 g/mol. The second kappa shape index (κ2) is 4.82. The van der Waals surface area contributed by atoms with Gasteiger partial charge in [-0.05, 0) is 17.5 Å². The van der Waals surface area contributed by atoms with Crippen LogP contribution in [0.3, 0.4) is 0 Å². The van der Waals surface area contributed by atoms with Gasteiger partial charge in [-0.25, -0.2) is 0 Å². The summed E-state index contributed by atoms with van der Waals surface area (Å²) in [4.78, 5) is 10.7. The standard InChI is InChI=1S/C12H16O3/c1-8(2)12-9(7-11(13)14)5-4-6-10(12)15-3/h4-6,8H,7H2,1-3H3,(H,13,14). The van der Waals surface area contributed by atoms with Gasteiger partial charge >= 0.3 is 5.97 Å². The van der Waals surface area contributed by atoms with Crippen molar-refractivity contribution in [1.82, 2.24) is 0 Å². The van der Waals surface area contributed by atoms with Gasteiger partial charge in [-0.3, -0.25) is 4.79 Å². The second-order valence-electron chi connectivity index (χ2n) is 3.76. The van der Waals surface area contributed by atoms with Crippen LogP contribution < -0.4 is 4.74 Å². The van der Waals surface area contributed by atoms with Crippen LogP contribution in [0, 0.1) is 0 Å². The third-order valence-corrected chi connectivity index (χ3v) is 2.30. The van der Waals surface area contributed by atoms with Crippen molar-refractivity contribution < 1.29 is 14.6 Å². The molecule has 15 heavy (non-hydrogen) atoms. The van der Waals surface area contributed by atoms with Gasteiger partial charge in [-0.15, -0.1) is 0 Å². The fourth-order valence-electron chi connectivity index (χ4n) is 1.74. The number of aliphatic carboxylic acids is 1. The van der Waals surface area contributed by atoms with E-state index in [1.807, 2.05) is 32.0 Å². The van der Waals surface area contributed by atoms with Gasteiger partial charge in [0.05, 0.1) is 13.5 Å². The van der Waals surface area contributed by atoms with Crippen molar-refractivity contribution in [1.29, 1.82) is 0 Å². The van der Waals surface area contributed by atoms with Crippen molar-refractivity contribution in [3.05, 3.63) is 29.3 Å². The van der Waals surface area contributed by atoms with E-state index in [2.05, 4.69) is 0 Å². The van der Waals surface area contributed by atoms with Crippen LogP contribution in [0.2, 0.25) is 0 Å². The molecule has 0 unspecified atom stereocenters. The summed E-state index contributed by atoms with van der Waals surface area (Å²) in [5.41, 5.74) is 1.82. The zero-order valence-corrected chi connectivity index (χ0v) is 9.28. The Morgan fingerprint density at radius 1 is 1.47 bits per heavy atom. The number of methoxy groups -OCH3 is 1. The smallest absolute Gasteiger partial charge is 0.307 e. The molecule has 0 aliphatic rings. The van der Waals surface area contributed by atoms with Crippen molar-refractivity contribution in [3.63, 3.8) is 0 Å². The van der Waals surface area contributed by atoms with Crippen LogP contribution in [0.4, 0.5) is 0 Å². The van der Waals surface area contributed by atoms with E-state index in [1.54, 1.807) is 7.11 Å². The largest absolute Gasteiger partial charge is 0.496 e. The van der Waals surface area contributed by atoms with Crippen LogP contribution >= 0.6 is 0 Å². The Kier molecular flexibility index (Phi) is 3.72. The first kappa shape index (κ1) is 11.6. The molecule has 1 N–H and O–H groups in total. The molecule has 0 saturated carbocycles. The van der Waals surface area contributed by atoms with Gasteiger partial charge < -0.3 is 9.84 Å². The first-order valence-electron chi connectivity index (χ1n) is 4.93. The van der Waals surface area contributed by atoms with Crippen LogP contribution in [-0.2, 0) is 11.2 Å². The Balaban J connectivity index is 3.19. The molecule has 3 heteroatoms. The highest BCUT2D eigenvalue weighted by Gasteiger charge is 2.14. The summed E-state index contributed by atoms with van der Waals surface area (Å²) in [5.74, 6) is 0.212. The van der Waals surface area contributed by atoms with Crippen LogP contribution in [0.25, 0.3) is 0 Å². The summed E-state index contributed by atoms with van der Waals surface area (Å²) in [6, 6.07) is 5.52. The Hall–Kier alpha value is -1.51. The van der Waals surface area contributed by atoms with Gasteiger partial charge in [-0.2, -0.15) is 0 Å². The molecule has 0 spiro atoms. The summed E-state index contributed by atoms with van der Waals surface area (Å²) in [6.45, 7) is 4.06. The summed E-state index contributed by atoms with van der Waals surface area (Å²) < 4.78 is 5.24. The highest BCUT2D eigenvalue weighted by Crippen LogP contribution is 2.29. The summed E-state index contributed by atoms with van der Waals surface area (Å²) in [7, 11) is 1.60. The maximum absolute atomic E-state index is 10.7. The number of ether oxygens (including phenoxy) is 1. The fraction of sp³-hybridized carbons (Fsp3) is 0.417. The Morgan fingerprint density at radius 2 is 2.13 bits per heavy atom. The summed E-state index contributed by atoms with van der Waals surface area (Å²) >= 11 is 0. The van der Waals surface area contributed by atoms with Crippen LogP contribution in [0.15, 0.2) is 18.2 Å². The quantitative estimate of drug-likeness (QED) is 0.826. The zero-order valence-electron chi connectivity index (χ0n) is 9.28. The molecule has 0 radical (unpaired) electrons. The number of rotatable bonds is 4. The topological polar surface area (TPSA) is 46.5 Å². The van der Waals surface area contributed by atoms with E-state index >= 15 is 0 Å². The molecular weight excluding hydrogens is 192 g/mol. The summed E-state index contributed by atoms with van der Waals surface area (Å²) in [5, 5.41) is 8.80. The molecule has 0 saturated heterocycles. The molecule has 82 valence electrons. The minimum atomic E-state index is -0.815. The third-order valence-electron chi connectivity index (χ3n) is 2.30. The minimum absolute atomic E-state index is 0.0463. The summed E-state index contributed by atoms with van der Waals surface area (Å²) in [6.07, 6.45) is 0.0463. The second-order valence-corrected chi connectivity index (χ2v) is 3.76. The van der Waals surface area contributed by atoms with Gasteiger partial charge in [0.15, 0.2) is 0 Å². The van der Waals surface area contributed by atoms with Gasteiger partial charge in [0, 0.05) is 5.56 Å². The molecule has 1 aromatic carbocycles. The lowest BCUT2D eigenvalue weighted by molar-refractivity contribution is -0.136. The maximum atomic E-state index is 10.7. The number of carboxylic acid groups (broad SMARTS) is 1. The lowest BCUT2D eigenvalue weighted by Crippen LogP contribution is -2.06. The highest BCUT2D eigenvalue weighted by molar-refractivity contribution is 5.71. The normalized spacial score (nSPS) is 10.4. The van der Waals surface area contributed by atoms with Crippen LogP contribution in [0.5, 0.6) is 5.75 Å². The first-order valence-corrected chi connectivity index (χ1v) is 4.93. The van der Waals surface area contributed by atoms with E-state index in [0.717, 1.165) is 16.9 Å². The molecule has 0 amide bonds. The Labute approximate surface area is 89.7 Å². The van der Waals surface area contributed by atoms with Gasteiger partial charge in [0.2, 0.25) is 0 Å². The number of hydrogen-bond acceptors (Lipinski definition) is 2. The van der Waals surface area contributed by atoms with Crippen LogP contribution in [0.1, 0.15) is 30.9 Å². The molecule has 3 nitrogen and oxygen atoms in total. The molecule has 0 heterocycles. The lowest BCUT2D eigenvalue weighted by atomic mass is 9.94. The average molecular weight is 208 g/mol. The Morgan fingerprint density at radius 3 is 2.60 bits per heavy atom. The first-order chi connectivity index (χ1) is 7.06. The number of carbonyl (C=O) groups is 1. The SMILES string of the molecule is COc1cccc(CC(=O)O)c1C(C)C. The molecule has 0 aliphatic heterocycles. The molecule has 0 fully saturated rings. The number of benzene rings is 1. The molecule has 0 aromatic heterocycles. The maximum Gasteiger partial charge on any atom is 0.307 e. The molecule has 0 bridgehead atoms. The van der Waals surface area contributed by atoms with Crippen molar-refractivity contribution in [2.75, 3.05) is 7.11 Å².